The monoisotopic (exact) mass is 281 g/mol. The van der Waals surface area contributed by atoms with Crippen molar-refractivity contribution < 1.29 is 9.53 Å². The van der Waals surface area contributed by atoms with E-state index in [1.54, 1.807) is 0 Å². The number of hydrogen-bond donors (Lipinski definition) is 1. The number of ether oxygens (including phenoxy) is 1. The van der Waals surface area contributed by atoms with Crippen molar-refractivity contribution in [3.05, 3.63) is 0 Å². The van der Waals surface area contributed by atoms with Crippen LogP contribution in [0.1, 0.15) is 19.8 Å². The molecule has 0 saturated carbocycles. The smallest absolute Gasteiger partial charge is 0.253 e. The zero-order valence-corrected chi connectivity index (χ0v) is 12.5. The SMILES string of the molecule is CCN1CCOC(C(=O)N2CC[C@@H]3CNC[C@@H]3CC2)C1. The molecule has 1 N–H and O–H groups in total. The van der Waals surface area contributed by atoms with Crippen molar-refractivity contribution in [3.8, 4) is 0 Å². The Morgan fingerprint density at radius 3 is 2.55 bits per heavy atom. The van der Waals surface area contributed by atoms with Crippen molar-refractivity contribution in [2.24, 2.45) is 11.8 Å². The van der Waals surface area contributed by atoms with E-state index in [0.717, 1.165) is 70.5 Å². The second-order valence-electron chi connectivity index (χ2n) is 6.33. The standard InChI is InChI=1S/C15H27N3O2/c1-2-17-7-8-20-14(11-17)15(19)18-5-3-12-9-16-10-13(12)4-6-18/h12-14,16H,2-11H2,1H3/t12-,13+,14?. The molecule has 0 radical (unpaired) electrons. The van der Waals surface area contributed by atoms with Gasteiger partial charge in [-0.15, -0.1) is 0 Å². The van der Waals surface area contributed by atoms with E-state index in [9.17, 15) is 4.79 Å². The van der Waals surface area contributed by atoms with E-state index in [1.807, 2.05) is 0 Å². The highest BCUT2D eigenvalue weighted by molar-refractivity contribution is 5.81. The van der Waals surface area contributed by atoms with E-state index < -0.39 is 0 Å². The molecular formula is C15H27N3O2. The van der Waals surface area contributed by atoms with Gasteiger partial charge < -0.3 is 15.0 Å². The molecule has 0 aromatic carbocycles. The summed E-state index contributed by atoms with van der Waals surface area (Å²) in [5.74, 6) is 1.76. The molecule has 0 aromatic rings. The molecule has 0 spiro atoms. The molecule has 0 aliphatic carbocycles. The van der Waals surface area contributed by atoms with Gasteiger partial charge in [-0.1, -0.05) is 6.92 Å². The van der Waals surface area contributed by atoms with Crippen molar-refractivity contribution in [1.29, 1.82) is 0 Å². The van der Waals surface area contributed by atoms with Crippen LogP contribution in [0.4, 0.5) is 0 Å². The first kappa shape index (κ1) is 14.3. The fourth-order valence-corrected chi connectivity index (χ4v) is 3.78. The van der Waals surface area contributed by atoms with Crippen LogP contribution in [0.5, 0.6) is 0 Å². The molecule has 20 heavy (non-hydrogen) atoms. The second kappa shape index (κ2) is 6.41. The number of likely N-dealkylation sites (N-methyl/N-ethyl adjacent to an activating group) is 1. The van der Waals surface area contributed by atoms with Crippen LogP contribution in [0.3, 0.4) is 0 Å². The van der Waals surface area contributed by atoms with Gasteiger partial charge in [0.25, 0.3) is 5.91 Å². The molecule has 3 rings (SSSR count). The third-order valence-electron chi connectivity index (χ3n) is 5.20. The Kier molecular flexibility index (Phi) is 4.58. The molecule has 5 heteroatoms. The Morgan fingerprint density at radius 2 is 1.90 bits per heavy atom. The summed E-state index contributed by atoms with van der Waals surface area (Å²) in [6, 6.07) is 0. The minimum Gasteiger partial charge on any atom is -0.366 e. The molecule has 0 bridgehead atoms. The molecule has 1 unspecified atom stereocenters. The Balaban J connectivity index is 1.56. The number of likely N-dealkylation sites (tertiary alicyclic amines) is 1. The maximum atomic E-state index is 12.6. The van der Waals surface area contributed by atoms with Crippen molar-refractivity contribution in [2.45, 2.75) is 25.9 Å². The third kappa shape index (κ3) is 3.00. The van der Waals surface area contributed by atoms with Gasteiger partial charge in [-0.25, -0.2) is 0 Å². The maximum absolute atomic E-state index is 12.6. The Labute approximate surface area is 121 Å². The van der Waals surface area contributed by atoms with Crippen molar-refractivity contribution >= 4 is 5.91 Å². The van der Waals surface area contributed by atoms with Gasteiger partial charge in [-0.3, -0.25) is 9.69 Å². The predicted octanol–water partition coefficient (Wildman–Crippen LogP) is 0.165. The van der Waals surface area contributed by atoms with Crippen LogP contribution in [-0.2, 0) is 9.53 Å². The molecule has 1 amide bonds. The first-order valence-corrected chi connectivity index (χ1v) is 8.11. The van der Waals surface area contributed by atoms with Crippen molar-refractivity contribution in [2.75, 3.05) is 52.4 Å². The number of carbonyl (C=O) groups excluding carboxylic acids is 1. The summed E-state index contributed by atoms with van der Waals surface area (Å²) < 4.78 is 5.71. The average molecular weight is 281 g/mol. The first-order chi connectivity index (χ1) is 9.78. The summed E-state index contributed by atoms with van der Waals surface area (Å²) in [4.78, 5) is 17.0. The van der Waals surface area contributed by atoms with Gasteiger partial charge in [0, 0.05) is 26.2 Å². The number of morpholine rings is 1. The molecule has 3 saturated heterocycles. The zero-order valence-electron chi connectivity index (χ0n) is 12.5. The quantitative estimate of drug-likeness (QED) is 0.783. The average Bonchev–Trinajstić information content (AvgIpc) is 2.85. The number of nitrogens with zero attached hydrogens (tertiary/aromatic N) is 2. The number of hydrogen-bond acceptors (Lipinski definition) is 4. The number of nitrogens with one attached hydrogen (secondary N) is 1. The second-order valence-corrected chi connectivity index (χ2v) is 6.33. The van der Waals surface area contributed by atoms with E-state index in [0.29, 0.717) is 6.61 Å². The van der Waals surface area contributed by atoms with E-state index in [2.05, 4.69) is 22.0 Å². The molecular weight excluding hydrogens is 254 g/mol. The third-order valence-corrected chi connectivity index (χ3v) is 5.20. The first-order valence-electron chi connectivity index (χ1n) is 8.11. The van der Waals surface area contributed by atoms with Crippen LogP contribution >= 0.6 is 0 Å². The highest BCUT2D eigenvalue weighted by Gasteiger charge is 2.34. The van der Waals surface area contributed by atoms with Gasteiger partial charge in [0.1, 0.15) is 6.10 Å². The van der Waals surface area contributed by atoms with Crippen LogP contribution in [0.25, 0.3) is 0 Å². The summed E-state index contributed by atoms with van der Waals surface area (Å²) in [6.45, 7) is 9.65. The number of fused-ring (bicyclic) bond motifs is 1. The van der Waals surface area contributed by atoms with Crippen molar-refractivity contribution in [3.63, 3.8) is 0 Å². The van der Waals surface area contributed by atoms with Gasteiger partial charge in [0.05, 0.1) is 6.61 Å². The van der Waals surface area contributed by atoms with E-state index >= 15 is 0 Å². The Morgan fingerprint density at radius 1 is 1.20 bits per heavy atom. The Bertz CT molecular complexity index is 336. The molecule has 3 aliphatic rings. The Hall–Kier alpha value is -0.650. The van der Waals surface area contributed by atoms with E-state index in [-0.39, 0.29) is 12.0 Å². The lowest BCUT2D eigenvalue weighted by atomic mass is 9.92. The van der Waals surface area contributed by atoms with E-state index in [4.69, 9.17) is 4.74 Å². The predicted molar refractivity (Wildman–Crippen MR) is 77.5 cm³/mol. The fourth-order valence-electron chi connectivity index (χ4n) is 3.78. The summed E-state index contributed by atoms with van der Waals surface area (Å²) in [6.07, 6.45) is 2.06. The highest BCUT2D eigenvalue weighted by atomic mass is 16.5. The fraction of sp³-hybridized carbons (Fsp3) is 0.933. The molecule has 3 heterocycles. The summed E-state index contributed by atoms with van der Waals surface area (Å²) >= 11 is 0. The van der Waals surface area contributed by atoms with Crippen LogP contribution in [0, 0.1) is 11.8 Å². The minimum absolute atomic E-state index is 0.219. The molecule has 0 aromatic heterocycles. The molecule has 5 nitrogen and oxygen atoms in total. The normalized spacial score (nSPS) is 35.6. The van der Waals surface area contributed by atoms with Gasteiger partial charge in [-0.05, 0) is 44.3 Å². The minimum atomic E-state index is -0.236. The lowest BCUT2D eigenvalue weighted by Gasteiger charge is -2.34. The molecule has 114 valence electrons. The van der Waals surface area contributed by atoms with Crippen LogP contribution in [0.15, 0.2) is 0 Å². The van der Waals surface area contributed by atoms with Crippen LogP contribution < -0.4 is 5.32 Å². The van der Waals surface area contributed by atoms with Gasteiger partial charge in [-0.2, -0.15) is 0 Å². The van der Waals surface area contributed by atoms with Gasteiger partial charge in [0.2, 0.25) is 0 Å². The summed E-state index contributed by atoms with van der Waals surface area (Å²) in [5.41, 5.74) is 0. The number of rotatable bonds is 2. The zero-order chi connectivity index (χ0) is 13.9. The van der Waals surface area contributed by atoms with Crippen LogP contribution in [-0.4, -0.2) is 74.2 Å². The number of amides is 1. The van der Waals surface area contributed by atoms with Gasteiger partial charge in [0.15, 0.2) is 0 Å². The van der Waals surface area contributed by atoms with Gasteiger partial charge >= 0.3 is 0 Å². The largest absolute Gasteiger partial charge is 0.366 e. The molecule has 3 fully saturated rings. The van der Waals surface area contributed by atoms with Crippen molar-refractivity contribution in [1.82, 2.24) is 15.1 Å². The lowest BCUT2D eigenvalue weighted by molar-refractivity contribution is -0.149. The molecule has 3 atom stereocenters. The molecule has 3 aliphatic heterocycles. The lowest BCUT2D eigenvalue weighted by Crippen LogP contribution is -2.51. The highest BCUT2D eigenvalue weighted by Crippen LogP contribution is 2.27. The van der Waals surface area contributed by atoms with E-state index in [1.165, 1.54) is 0 Å². The topological polar surface area (TPSA) is 44.8 Å². The maximum Gasteiger partial charge on any atom is 0.253 e. The van der Waals surface area contributed by atoms with Crippen LogP contribution in [0.2, 0.25) is 0 Å². The summed E-state index contributed by atoms with van der Waals surface area (Å²) in [5, 5.41) is 3.48. The summed E-state index contributed by atoms with van der Waals surface area (Å²) in [7, 11) is 0. The number of carbonyl (C=O) groups is 1.